The third-order valence-electron chi connectivity index (χ3n) is 5.46. The number of likely N-dealkylation sites (tertiary alicyclic amines) is 1. The van der Waals surface area contributed by atoms with Crippen LogP contribution in [0.4, 0.5) is 0 Å². The van der Waals surface area contributed by atoms with Crippen LogP contribution in [0, 0.1) is 5.41 Å². The topological polar surface area (TPSA) is 54.0 Å². The van der Waals surface area contributed by atoms with E-state index in [0.717, 1.165) is 37.2 Å². The first kappa shape index (κ1) is 20.6. The number of hydrogen-bond donors (Lipinski definition) is 1. The molecule has 6 heteroatoms. The molecule has 5 nitrogen and oxygen atoms in total. The first-order valence-corrected chi connectivity index (χ1v) is 9.77. The number of Topliss-reactive ketones (excluding diaryl/α,β-unsaturated/α-hetero) is 1. The van der Waals surface area contributed by atoms with Crippen molar-refractivity contribution in [1.29, 1.82) is 5.41 Å². The van der Waals surface area contributed by atoms with E-state index in [1.54, 1.807) is 0 Å². The van der Waals surface area contributed by atoms with Crippen molar-refractivity contribution in [2.45, 2.75) is 32.4 Å². The Kier molecular flexibility index (Phi) is 6.86. The second-order valence-electron chi connectivity index (χ2n) is 7.24. The Morgan fingerprint density at radius 2 is 1.43 bits per heavy atom. The van der Waals surface area contributed by atoms with E-state index in [4.69, 9.17) is 5.41 Å². The van der Waals surface area contributed by atoms with Gasteiger partial charge in [0.1, 0.15) is 0 Å². The van der Waals surface area contributed by atoms with Crippen molar-refractivity contribution in [3.63, 3.8) is 0 Å². The summed E-state index contributed by atoms with van der Waals surface area (Å²) in [6, 6.07) is 17.4. The van der Waals surface area contributed by atoms with Gasteiger partial charge in [0.05, 0.1) is 17.6 Å². The van der Waals surface area contributed by atoms with Crippen LogP contribution in [0.1, 0.15) is 29.6 Å². The number of rotatable bonds is 6. The summed E-state index contributed by atoms with van der Waals surface area (Å²) in [7, 11) is 0. The standard InChI is InChI=1S/C22H26N4O.BrH/c23-22-25(16-15-24-13-7-2-8-14-24)19-11-5-6-12-20(19)26(22)17-21(27)18-9-3-1-4-10-18;/h1,3-6,9-12,23H,2,7-8,13-17H2;1H. The highest BCUT2D eigenvalue weighted by molar-refractivity contribution is 8.93. The smallest absolute Gasteiger partial charge is 0.203 e. The number of piperidine rings is 1. The molecule has 4 rings (SSSR count). The van der Waals surface area contributed by atoms with Crippen molar-refractivity contribution >= 4 is 33.8 Å². The van der Waals surface area contributed by atoms with Crippen LogP contribution < -0.4 is 5.62 Å². The second-order valence-corrected chi connectivity index (χ2v) is 7.24. The molecule has 3 aromatic rings. The Morgan fingerprint density at radius 1 is 0.821 bits per heavy atom. The molecule has 2 aromatic carbocycles. The normalized spacial score (nSPS) is 14.7. The van der Waals surface area contributed by atoms with Gasteiger partial charge < -0.3 is 14.0 Å². The van der Waals surface area contributed by atoms with Crippen molar-refractivity contribution < 1.29 is 4.79 Å². The van der Waals surface area contributed by atoms with Gasteiger partial charge in [0.15, 0.2) is 5.78 Å². The molecule has 0 saturated carbocycles. The lowest BCUT2D eigenvalue weighted by molar-refractivity contribution is 0.0971. The molecule has 0 amide bonds. The van der Waals surface area contributed by atoms with Gasteiger partial charge >= 0.3 is 0 Å². The molecule has 1 fully saturated rings. The predicted octanol–water partition coefficient (Wildman–Crippen LogP) is 3.87. The van der Waals surface area contributed by atoms with Crippen molar-refractivity contribution in [3.05, 3.63) is 65.8 Å². The van der Waals surface area contributed by atoms with Gasteiger partial charge in [-0.05, 0) is 38.1 Å². The van der Waals surface area contributed by atoms with Gasteiger partial charge in [0, 0.05) is 18.7 Å². The summed E-state index contributed by atoms with van der Waals surface area (Å²) in [5.41, 5.74) is 3.07. The molecule has 1 aromatic heterocycles. The molecule has 0 aliphatic carbocycles. The van der Waals surface area contributed by atoms with E-state index < -0.39 is 0 Å². The number of ketones is 1. The zero-order valence-corrected chi connectivity index (χ0v) is 17.7. The highest BCUT2D eigenvalue weighted by atomic mass is 79.9. The van der Waals surface area contributed by atoms with Gasteiger partial charge in [-0.15, -0.1) is 17.0 Å². The SMILES string of the molecule is Br.N=c1n(CCN2CCCCC2)c2ccccc2n1CC(=O)c1ccccc1. The maximum Gasteiger partial charge on any atom is 0.203 e. The zero-order chi connectivity index (χ0) is 18.6. The van der Waals surface area contributed by atoms with Crippen LogP contribution in [0.2, 0.25) is 0 Å². The summed E-state index contributed by atoms with van der Waals surface area (Å²) in [5, 5.41) is 8.70. The number of benzene rings is 2. The fourth-order valence-corrected chi connectivity index (χ4v) is 3.96. The van der Waals surface area contributed by atoms with Crippen molar-refractivity contribution in [2.75, 3.05) is 19.6 Å². The van der Waals surface area contributed by atoms with Crippen LogP contribution in [0.25, 0.3) is 11.0 Å². The first-order valence-electron chi connectivity index (χ1n) is 9.77. The van der Waals surface area contributed by atoms with E-state index in [1.807, 2.05) is 63.7 Å². The number of carbonyl (C=O) groups is 1. The van der Waals surface area contributed by atoms with Gasteiger partial charge in [-0.1, -0.05) is 48.9 Å². The quantitative estimate of drug-likeness (QED) is 0.589. The minimum absolute atomic E-state index is 0. The predicted molar refractivity (Wildman–Crippen MR) is 117 cm³/mol. The molecular weight excluding hydrogens is 416 g/mol. The molecule has 0 unspecified atom stereocenters. The summed E-state index contributed by atoms with van der Waals surface area (Å²) < 4.78 is 3.88. The van der Waals surface area contributed by atoms with Crippen molar-refractivity contribution in [1.82, 2.24) is 14.0 Å². The number of para-hydroxylation sites is 2. The van der Waals surface area contributed by atoms with E-state index in [-0.39, 0.29) is 29.3 Å². The molecule has 1 N–H and O–H groups in total. The molecule has 28 heavy (non-hydrogen) atoms. The number of aromatic nitrogens is 2. The Balaban J connectivity index is 0.00000225. The van der Waals surface area contributed by atoms with Crippen molar-refractivity contribution in [3.8, 4) is 0 Å². The summed E-state index contributed by atoms with van der Waals surface area (Å²) >= 11 is 0. The highest BCUT2D eigenvalue weighted by Crippen LogP contribution is 2.15. The van der Waals surface area contributed by atoms with Gasteiger partial charge in [0.25, 0.3) is 0 Å². The second kappa shape index (κ2) is 9.34. The molecule has 2 heterocycles. The van der Waals surface area contributed by atoms with Gasteiger partial charge in [-0.3, -0.25) is 10.2 Å². The number of fused-ring (bicyclic) bond motifs is 1. The first-order chi connectivity index (χ1) is 13.2. The summed E-state index contributed by atoms with van der Waals surface area (Å²) in [4.78, 5) is 15.2. The van der Waals surface area contributed by atoms with Crippen LogP contribution >= 0.6 is 17.0 Å². The summed E-state index contributed by atoms with van der Waals surface area (Å²) in [6.45, 7) is 4.24. The number of carbonyl (C=O) groups excluding carboxylic acids is 1. The average Bonchev–Trinajstić information content (AvgIpc) is 2.99. The Hall–Kier alpha value is -2.18. The lowest BCUT2D eigenvalue weighted by Crippen LogP contribution is -2.35. The van der Waals surface area contributed by atoms with E-state index >= 15 is 0 Å². The Bertz CT molecular complexity index is 987. The van der Waals surface area contributed by atoms with Crippen LogP contribution in [-0.4, -0.2) is 39.5 Å². The largest absolute Gasteiger partial charge is 0.309 e. The molecule has 0 bridgehead atoms. The Morgan fingerprint density at radius 3 is 2.11 bits per heavy atom. The van der Waals surface area contributed by atoms with Gasteiger partial charge in [0.2, 0.25) is 5.62 Å². The monoisotopic (exact) mass is 442 g/mol. The van der Waals surface area contributed by atoms with Crippen LogP contribution in [0.5, 0.6) is 0 Å². The molecule has 1 saturated heterocycles. The number of nitrogens with zero attached hydrogens (tertiary/aromatic N) is 3. The molecule has 1 aliphatic rings. The highest BCUT2D eigenvalue weighted by Gasteiger charge is 2.16. The van der Waals surface area contributed by atoms with Crippen LogP contribution in [0.3, 0.4) is 0 Å². The maximum absolute atomic E-state index is 12.7. The van der Waals surface area contributed by atoms with Gasteiger partial charge in [-0.2, -0.15) is 0 Å². The lowest BCUT2D eigenvalue weighted by Gasteiger charge is -2.26. The van der Waals surface area contributed by atoms with E-state index in [2.05, 4.69) is 4.90 Å². The molecule has 0 spiro atoms. The fourth-order valence-electron chi connectivity index (χ4n) is 3.96. The van der Waals surface area contributed by atoms with Crippen molar-refractivity contribution in [2.24, 2.45) is 0 Å². The third-order valence-corrected chi connectivity index (χ3v) is 5.46. The number of nitrogens with one attached hydrogen (secondary N) is 1. The molecule has 0 radical (unpaired) electrons. The molecule has 1 aliphatic heterocycles. The lowest BCUT2D eigenvalue weighted by atomic mass is 10.1. The molecule has 0 atom stereocenters. The minimum Gasteiger partial charge on any atom is -0.309 e. The number of imidazole rings is 1. The third kappa shape index (κ3) is 4.28. The van der Waals surface area contributed by atoms with E-state index in [9.17, 15) is 4.79 Å². The van der Waals surface area contributed by atoms with Crippen LogP contribution in [-0.2, 0) is 13.1 Å². The number of hydrogen-bond acceptors (Lipinski definition) is 3. The molecule has 148 valence electrons. The van der Waals surface area contributed by atoms with E-state index in [0.29, 0.717) is 11.2 Å². The average molecular weight is 443 g/mol. The summed E-state index contributed by atoms with van der Waals surface area (Å²) in [5.74, 6) is 0.0352. The zero-order valence-electron chi connectivity index (χ0n) is 16.0. The van der Waals surface area contributed by atoms with Gasteiger partial charge in [-0.25, -0.2) is 0 Å². The Labute approximate surface area is 175 Å². The number of halogens is 1. The minimum atomic E-state index is 0. The maximum atomic E-state index is 12.7. The molecular formula is C22H27BrN4O. The summed E-state index contributed by atoms with van der Waals surface area (Å²) in [6.07, 6.45) is 3.87. The van der Waals surface area contributed by atoms with Crippen LogP contribution in [0.15, 0.2) is 54.6 Å². The van der Waals surface area contributed by atoms with E-state index in [1.165, 1.54) is 19.3 Å². The fraction of sp³-hybridized carbons (Fsp3) is 0.364.